The highest BCUT2D eigenvalue weighted by molar-refractivity contribution is 5.82. The van der Waals surface area contributed by atoms with Crippen molar-refractivity contribution in [3.8, 4) is 0 Å². The fraction of sp³-hybridized carbons (Fsp3) is 0.667. The Labute approximate surface area is 71.0 Å². The van der Waals surface area contributed by atoms with Gasteiger partial charge in [0.25, 0.3) is 5.91 Å². The molecule has 1 rings (SSSR count). The molecule has 0 aromatic heterocycles. The molecule has 13 heavy (non-hydrogen) atoms. The molecule has 0 aliphatic heterocycles. The van der Waals surface area contributed by atoms with Gasteiger partial charge in [0.05, 0.1) is 0 Å². The largest absolute Gasteiger partial charge is 0.493 e. The highest BCUT2D eigenvalue weighted by Crippen LogP contribution is 2.28. The van der Waals surface area contributed by atoms with Crippen molar-refractivity contribution in [2.75, 3.05) is 0 Å². The lowest BCUT2D eigenvalue weighted by molar-refractivity contribution is -0.207. The molecular weight excluding hydrogens is 191 g/mol. The molecule has 0 atom stereocenters. The molecule has 0 saturated heterocycles. The molecule has 4 nitrogen and oxygen atoms in total. The normalized spacial score (nSPS) is 16.5. The van der Waals surface area contributed by atoms with Crippen molar-refractivity contribution in [3.05, 3.63) is 0 Å². The van der Waals surface area contributed by atoms with Crippen LogP contribution in [0.4, 0.5) is 13.2 Å². The van der Waals surface area contributed by atoms with E-state index < -0.39 is 18.1 Å². The molecule has 1 saturated carbocycles. The summed E-state index contributed by atoms with van der Waals surface area (Å²) >= 11 is 0. The maximum absolute atomic E-state index is 11.5. The zero-order valence-electron chi connectivity index (χ0n) is 6.35. The third-order valence-corrected chi connectivity index (χ3v) is 1.42. The molecule has 1 amide bonds. The number of hydrogen-bond donors (Lipinski definition) is 1. The summed E-state index contributed by atoms with van der Waals surface area (Å²) in [4.78, 5) is 24.2. The standard InChI is InChI=1S/C6H6F3NO3/c7-6(8,9)5(12)13-10-4(11)3-1-2-3/h3H,1-2H2,(H,10,11). The van der Waals surface area contributed by atoms with Crippen molar-refractivity contribution < 1.29 is 27.6 Å². The van der Waals surface area contributed by atoms with Crippen LogP contribution in [0.1, 0.15) is 12.8 Å². The quantitative estimate of drug-likeness (QED) is 0.624. The number of halogens is 3. The van der Waals surface area contributed by atoms with Crippen LogP contribution in [0.15, 0.2) is 0 Å². The minimum Gasteiger partial charge on any atom is -0.332 e. The summed E-state index contributed by atoms with van der Waals surface area (Å²) in [5.74, 6) is -3.40. The maximum atomic E-state index is 11.5. The highest BCUT2D eigenvalue weighted by Gasteiger charge is 2.42. The van der Waals surface area contributed by atoms with Gasteiger partial charge in [-0.15, -0.1) is 0 Å². The Kier molecular flexibility index (Phi) is 2.44. The lowest BCUT2D eigenvalue weighted by atomic mass is 10.4. The molecule has 1 aliphatic carbocycles. The second-order valence-electron chi connectivity index (χ2n) is 2.63. The zero-order chi connectivity index (χ0) is 10.1. The number of alkyl halides is 3. The number of hydroxylamine groups is 1. The SMILES string of the molecule is O=C(NOC(=O)C(F)(F)F)C1CC1. The third-order valence-electron chi connectivity index (χ3n) is 1.42. The first kappa shape index (κ1) is 9.82. The van der Waals surface area contributed by atoms with E-state index in [9.17, 15) is 22.8 Å². The van der Waals surface area contributed by atoms with Gasteiger partial charge in [-0.2, -0.15) is 18.7 Å². The van der Waals surface area contributed by atoms with Gasteiger partial charge in [-0.25, -0.2) is 4.79 Å². The fourth-order valence-electron chi connectivity index (χ4n) is 0.583. The van der Waals surface area contributed by atoms with Gasteiger partial charge < -0.3 is 4.84 Å². The molecule has 7 heteroatoms. The summed E-state index contributed by atoms with van der Waals surface area (Å²) in [5.41, 5.74) is 1.44. The Hall–Kier alpha value is -1.27. The Morgan fingerprint density at radius 2 is 1.85 bits per heavy atom. The molecule has 1 fully saturated rings. The van der Waals surface area contributed by atoms with Crippen LogP contribution in [0, 0.1) is 5.92 Å². The number of carbonyl (C=O) groups excluding carboxylic acids is 2. The maximum Gasteiger partial charge on any atom is 0.493 e. The van der Waals surface area contributed by atoms with Gasteiger partial charge in [0.2, 0.25) is 0 Å². The third kappa shape index (κ3) is 2.92. The van der Waals surface area contributed by atoms with Crippen LogP contribution in [0.2, 0.25) is 0 Å². The summed E-state index contributed by atoms with van der Waals surface area (Å²) in [7, 11) is 0. The molecule has 0 spiro atoms. The molecule has 1 aliphatic rings. The topological polar surface area (TPSA) is 55.4 Å². The van der Waals surface area contributed by atoms with Crippen molar-refractivity contribution in [1.29, 1.82) is 0 Å². The lowest BCUT2D eigenvalue weighted by Gasteiger charge is -2.06. The number of rotatable bonds is 1. The summed E-state index contributed by atoms with van der Waals surface area (Å²) in [6.07, 6.45) is -3.83. The summed E-state index contributed by atoms with van der Waals surface area (Å²) in [6, 6.07) is 0. The van der Waals surface area contributed by atoms with E-state index in [-0.39, 0.29) is 5.92 Å². The van der Waals surface area contributed by atoms with Crippen molar-refractivity contribution in [2.24, 2.45) is 5.92 Å². The second kappa shape index (κ2) is 3.23. The van der Waals surface area contributed by atoms with Crippen molar-refractivity contribution in [1.82, 2.24) is 5.48 Å². The Morgan fingerprint density at radius 3 is 2.23 bits per heavy atom. The zero-order valence-corrected chi connectivity index (χ0v) is 6.35. The van der Waals surface area contributed by atoms with E-state index in [1.807, 2.05) is 0 Å². The Balaban J connectivity index is 2.25. The smallest absolute Gasteiger partial charge is 0.332 e. The van der Waals surface area contributed by atoms with E-state index in [1.54, 1.807) is 0 Å². The molecule has 0 aromatic rings. The summed E-state index contributed by atoms with van der Waals surface area (Å²) in [5, 5.41) is 0. The van der Waals surface area contributed by atoms with E-state index >= 15 is 0 Å². The van der Waals surface area contributed by atoms with Crippen molar-refractivity contribution in [2.45, 2.75) is 19.0 Å². The first-order valence-corrected chi connectivity index (χ1v) is 3.49. The van der Waals surface area contributed by atoms with Crippen LogP contribution >= 0.6 is 0 Å². The van der Waals surface area contributed by atoms with Gasteiger partial charge in [-0.3, -0.25) is 4.79 Å². The summed E-state index contributed by atoms with van der Waals surface area (Å²) in [6.45, 7) is 0. The molecule has 0 bridgehead atoms. The number of nitrogens with one attached hydrogen (secondary N) is 1. The van der Waals surface area contributed by atoms with Gasteiger partial charge >= 0.3 is 12.1 Å². The van der Waals surface area contributed by atoms with E-state index in [2.05, 4.69) is 4.84 Å². The van der Waals surface area contributed by atoms with Crippen LogP contribution in [0.25, 0.3) is 0 Å². The molecule has 0 aromatic carbocycles. The number of amides is 1. The molecular formula is C6H6F3NO3. The van der Waals surface area contributed by atoms with Crippen LogP contribution in [-0.2, 0) is 14.4 Å². The number of hydrogen-bond acceptors (Lipinski definition) is 3. The van der Waals surface area contributed by atoms with E-state index in [1.165, 1.54) is 5.48 Å². The molecule has 0 unspecified atom stereocenters. The Bertz CT molecular complexity index is 234. The van der Waals surface area contributed by atoms with E-state index in [0.29, 0.717) is 12.8 Å². The average molecular weight is 197 g/mol. The average Bonchev–Trinajstić information content (AvgIpc) is 2.79. The van der Waals surface area contributed by atoms with Crippen LogP contribution < -0.4 is 5.48 Å². The predicted molar refractivity (Wildman–Crippen MR) is 33.0 cm³/mol. The van der Waals surface area contributed by atoms with Crippen LogP contribution in [0.5, 0.6) is 0 Å². The molecule has 74 valence electrons. The van der Waals surface area contributed by atoms with Gasteiger partial charge in [0.15, 0.2) is 0 Å². The molecule has 0 heterocycles. The predicted octanol–water partition coefficient (Wildman–Crippen LogP) is 0.533. The minimum absolute atomic E-state index is 0.305. The molecule has 0 radical (unpaired) electrons. The first-order chi connectivity index (χ1) is 5.91. The van der Waals surface area contributed by atoms with Crippen molar-refractivity contribution in [3.63, 3.8) is 0 Å². The highest BCUT2D eigenvalue weighted by atomic mass is 19.4. The first-order valence-electron chi connectivity index (χ1n) is 3.49. The van der Waals surface area contributed by atoms with Crippen LogP contribution in [-0.4, -0.2) is 18.1 Å². The molecule has 1 N–H and O–H groups in total. The lowest BCUT2D eigenvalue weighted by Crippen LogP contribution is -2.35. The fourth-order valence-corrected chi connectivity index (χ4v) is 0.583. The van der Waals surface area contributed by atoms with E-state index in [4.69, 9.17) is 0 Å². The second-order valence-corrected chi connectivity index (χ2v) is 2.63. The van der Waals surface area contributed by atoms with Crippen molar-refractivity contribution >= 4 is 11.9 Å². The minimum atomic E-state index is -5.07. The van der Waals surface area contributed by atoms with Gasteiger partial charge in [0, 0.05) is 5.92 Å². The van der Waals surface area contributed by atoms with Crippen LogP contribution in [0.3, 0.4) is 0 Å². The Morgan fingerprint density at radius 1 is 1.31 bits per heavy atom. The number of carbonyl (C=O) groups is 2. The van der Waals surface area contributed by atoms with Gasteiger partial charge in [-0.1, -0.05) is 0 Å². The van der Waals surface area contributed by atoms with E-state index in [0.717, 1.165) is 0 Å². The summed E-state index contributed by atoms with van der Waals surface area (Å²) < 4.78 is 34.5. The van der Waals surface area contributed by atoms with Gasteiger partial charge in [0.1, 0.15) is 0 Å². The van der Waals surface area contributed by atoms with Gasteiger partial charge in [-0.05, 0) is 12.8 Å². The monoisotopic (exact) mass is 197 g/mol.